The Bertz CT molecular complexity index is 624. The fraction of sp³-hybridized carbons (Fsp3) is 0.562. The molecule has 2 aromatic heterocycles. The molecule has 2 N–H and O–H groups in total. The van der Waals surface area contributed by atoms with Crippen LogP contribution < -0.4 is 5.32 Å². The molecular weight excluding hydrogens is 310 g/mol. The van der Waals surface area contributed by atoms with E-state index in [1.54, 1.807) is 0 Å². The molecule has 0 aliphatic carbocycles. The van der Waals surface area contributed by atoms with Gasteiger partial charge >= 0.3 is 0 Å². The van der Waals surface area contributed by atoms with Crippen LogP contribution >= 0.6 is 11.3 Å². The minimum Gasteiger partial charge on any atom is -0.364 e. The van der Waals surface area contributed by atoms with Crippen LogP contribution in [0.15, 0.2) is 18.3 Å². The molecule has 1 amide bonds. The molecule has 0 saturated carbocycles. The normalized spacial score (nSPS) is 18.4. The maximum absolute atomic E-state index is 12.3. The maximum atomic E-state index is 12.3. The van der Waals surface area contributed by atoms with Crippen LogP contribution in [0.1, 0.15) is 49.4 Å². The number of hydrogen-bond acceptors (Lipinski definition) is 5. The lowest BCUT2D eigenvalue weighted by atomic mass is 10.1. The van der Waals surface area contributed by atoms with Gasteiger partial charge in [-0.3, -0.25) is 15.0 Å². The van der Waals surface area contributed by atoms with Crippen LogP contribution in [0.5, 0.6) is 0 Å². The second-order valence-corrected chi connectivity index (χ2v) is 6.97. The SMILES string of the molecule is CCCCc1nnc(NC(=O)CN2CCC[C@H]2c2ccc[nH]2)s1. The monoisotopic (exact) mass is 333 g/mol. The van der Waals surface area contributed by atoms with Crippen LogP contribution in [0, 0.1) is 0 Å². The predicted molar refractivity (Wildman–Crippen MR) is 91.5 cm³/mol. The summed E-state index contributed by atoms with van der Waals surface area (Å²) in [7, 11) is 0. The summed E-state index contributed by atoms with van der Waals surface area (Å²) in [5.41, 5.74) is 1.19. The summed E-state index contributed by atoms with van der Waals surface area (Å²) in [6, 6.07) is 4.40. The molecule has 3 rings (SSSR count). The first-order valence-corrected chi connectivity index (χ1v) is 9.07. The van der Waals surface area contributed by atoms with Crippen LogP contribution in [0.3, 0.4) is 0 Å². The molecule has 0 bridgehead atoms. The van der Waals surface area contributed by atoms with Gasteiger partial charge in [0.25, 0.3) is 0 Å². The number of aryl methyl sites for hydroxylation is 1. The Labute approximate surface area is 140 Å². The standard InChI is InChI=1S/C16H23N5OS/c1-2-3-8-15-19-20-16(23-15)18-14(22)11-21-10-5-7-13(21)12-6-4-9-17-12/h4,6,9,13,17H,2-3,5,7-8,10-11H2,1H3,(H,18,20,22)/t13-/m0/s1. The molecule has 0 spiro atoms. The Kier molecular flexibility index (Phi) is 5.40. The summed E-state index contributed by atoms with van der Waals surface area (Å²) < 4.78 is 0. The molecule has 2 aromatic rings. The Morgan fingerprint density at radius 3 is 3.22 bits per heavy atom. The molecule has 1 atom stereocenters. The van der Waals surface area contributed by atoms with Crippen LogP contribution in [0.25, 0.3) is 0 Å². The number of carbonyl (C=O) groups is 1. The van der Waals surface area contributed by atoms with Gasteiger partial charge in [-0.1, -0.05) is 24.7 Å². The molecule has 0 radical (unpaired) electrons. The van der Waals surface area contributed by atoms with E-state index in [9.17, 15) is 4.79 Å². The molecule has 1 aliphatic rings. The second kappa shape index (κ2) is 7.70. The minimum atomic E-state index is -0.0124. The summed E-state index contributed by atoms with van der Waals surface area (Å²) in [6.07, 6.45) is 7.32. The van der Waals surface area contributed by atoms with Gasteiger partial charge < -0.3 is 4.98 Å². The van der Waals surface area contributed by atoms with Gasteiger partial charge in [0.05, 0.1) is 12.6 Å². The lowest BCUT2D eigenvalue weighted by Crippen LogP contribution is -2.33. The van der Waals surface area contributed by atoms with E-state index < -0.39 is 0 Å². The molecule has 1 fully saturated rings. The third-order valence-corrected chi connectivity index (χ3v) is 5.05. The van der Waals surface area contributed by atoms with Crippen molar-refractivity contribution in [2.45, 2.75) is 45.1 Å². The van der Waals surface area contributed by atoms with Crippen molar-refractivity contribution in [2.75, 3.05) is 18.4 Å². The zero-order valence-corrected chi connectivity index (χ0v) is 14.2. The molecule has 1 saturated heterocycles. The molecule has 3 heterocycles. The number of hydrogen-bond donors (Lipinski definition) is 2. The first-order valence-electron chi connectivity index (χ1n) is 8.26. The molecule has 7 heteroatoms. The predicted octanol–water partition coefficient (Wildman–Crippen LogP) is 2.98. The molecule has 23 heavy (non-hydrogen) atoms. The van der Waals surface area contributed by atoms with Crippen molar-refractivity contribution in [3.05, 3.63) is 29.0 Å². The number of aromatic nitrogens is 3. The van der Waals surface area contributed by atoms with Gasteiger partial charge in [-0.2, -0.15) is 0 Å². The van der Waals surface area contributed by atoms with Crippen LogP contribution in [0.4, 0.5) is 5.13 Å². The fourth-order valence-corrected chi connectivity index (χ4v) is 3.79. The number of likely N-dealkylation sites (tertiary alicyclic amines) is 1. The Morgan fingerprint density at radius 2 is 2.43 bits per heavy atom. The number of anilines is 1. The van der Waals surface area contributed by atoms with Crippen molar-refractivity contribution in [2.24, 2.45) is 0 Å². The second-order valence-electron chi connectivity index (χ2n) is 5.91. The number of unbranched alkanes of at least 4 members (excludes halogenated alkanes) is 1. The van der Waals surface area contributed by atoms with Gasteiger partial charge in [-0.25, -0.2) is 0 Å². The topological polar surface area (TPSA) is 73.9 Å². The first kappa shape index (κ1) is 16.1. The van der Waals surface area contributed by atoms with Crippen LogP contribution in [-0.4, -0.2) is 39.1 Å². The number of nitrogens with zero attached hydrogens (tertiary/aromatic N) is 3. The number of rotatable bonds is 7. The molecule has 0 aromatic carbocycles. The molecule has 124 valence electrons. The largest absolute Gasteiger partial charge is 0.364 e. The van der Waals surface area contributed by atoms with Crippen molar-refractivity contribution in [1.82, 2.24) is 20.1 Å². The van der Waals surface area contributed by atoms with Gasteiger partial charge in [-0.15, -0.1) is 10.2 Å². The van der Waals surface area contributed by atoms with E-state index in [-0.39, 0.29) is 5.91 Å². The van der Waals surface area contributed by atoms with Crippen LogP contribution in [0.2, 0.25) is 0 Å². The number of H-pyrrole nitrogens is 1. The highest BCUT2D eigenvalue weighted by Crippen LogP contribution is 2.30. The van der Waals surface area contributed by atoms with Crippen molar-refractivity contribution in [3.8, 4) is 0 Å². The van der Waals surface area contributed by atoms with E-state index in [1.165, 1.54) is 17.0 Å². The lowest BCUT2D eigenvalue weighted by molar-refractivity contribution is -0.117. The number of amides is 1. The first-order chi connectivity index (χ1) is 11.3. The van der Waals surface area contributed by atoms with Gasteiger partial charge in [0, 0.05) is 18.3 Å². The molecule has 1 aliphatic heterocycles. The summed E-state index contributed by atoms with van der Waals surface area (Å²) in [5, 5.41) is 12.7. The Balaban J connectivity index is 1.53. The van der Waals surface area contributed by atoms with Gasteiger partial charge in [0.2, 0.25) is 11.0 Å². The smallest absolute Gasteiger partial charge is 0.240 e. The fourth-order valence-electron chi connectivity index (χ4n) is 3.00. The van der Waals surface area contributed by atoms with E-state index in [2.05, 4.69) is 38.4 Å². The highest BCUT2D eigenvalue weighted by atomic mass is 32.1. The lowest BCUT2D eigenvalue weighted by Gasteiger charge is -2.22. The summed E-state index contributed by atoms with van der Waals surface area (Å²) in [4.78, 5) is 17.8. The third kappa shape index (κ3) is 4.17. The van der Waals surface area contributed by atoms with E-state index >= 15 is 0 Å². The highest BCUT2D eigenvalue weighted by Gasteiger charge is 2.28. The van der Waals surface area contributed by atoms with E-state index in [4.69, 9.17) is 0 Å². The Hall–Kier alpha value is -1.73. The molecule has 6 nitrogen and oxygen atoms in total. The minimum absolute atomic E-state index is 0.0124. The number of nitrogens with one attached hydrogen (secondary N) is 2. The quantitative estimate of drug-likeness (QED) is 0.817. The maximum Gasteiger partial charge on any atom is 0.240 e. The number of aromatic amines is 1. The third-order valence-electron chi connectivity index (χ3n) is 4.15. The van der Waals surface area contributed by atoms with Crippen LogP contribution in [-0.2, 0) is 11.2 Å². The van der Waals surface area contributed by atoms with Crippen molar-refractivity contribution in [1.29, 1.82) is 0 Å². The van der Waals surface area contributed by atoms with E-state index in [0.29, 0.717) is 17.7 Å². The summed E-state index contributed by atoms with van der Waals surface area (Å²) in [5.74, 6) is -0.0124. The van der Waals surface area contributed by atoms with Gasteiger partial charge in [0.1, 0.15) is 5.01 Å². The van der Waals surface area contributed by atoms with E-state index in [1.807, 2.05) is 12.3 Å². The zero-order valence-electron chi connectivity index (χ0n) is 13.4. The average molecular weight is 333 g/mol. The summed E-state index contributed by atoms with van der Waals surface area (Å²) >= 11 is 1.48. The zero-order chi connectivity index (χ0) is 16.1. The van der Waals surface area contributed by atoms with Crippen molar-refractivity contribution < 1.29 is 4.79 Å². The number of carbonyl (C=O) groups excluding carboxylic acids is 1. The van der Waals surface area contributed by atoms with E-state index in [0.717, 1.165) is 43.7 Å². The van der Waals surface area contributed by atoms with Gasteiger partial charge in [-0.05, 0) is 37.9 Å². The molecule has 0 unspecified atom stereocenters. The van der Waals surface area contributed by atoms with Gasteiger partial charge in [0.15, 0.2) is 0 Å². The van der Waals surface area contributed by atoms with Crippen molar-refractivity contribution in [3.63, 3.8) is 0 Å². The Morgan fingerprint density at radius 1 is 1.52 bits per heavy atom. The highest BCUT2D eigenvalue weighted by molar-refractivity contribution is 7.15. The molecular formula is C16H23N5OS. The van der Waals surface area contributed by atoms with Crippen molar-refractivity contribution >= 4 is 22.4 Å². The summed E-state index contributed by atoms with van der Waals surface area (Å²) in [6.45, 7) is 3.50. The average Bonchev–Trinajstić information content (AvgIpc) is 3.26.